The molecule has 2 atom stereocenters. The molecule has 2 nitrogen and oxygen atoms in total. The fourth-order valence-electron chi connectivity index (χ4n) is 1.26. The summed E-state index contributed by atoms with van der Waals surface area (Å²) in [5, 5.41) is 3.26. The normalized spacial score (nSPS) is 29.5. The summed E-state index contributed by atoms with van der Waals surface area (Å²) >= 11 is 3.33. The van der Waals surface area contributed by atoms with Crippen LogP contribution in [0.4, 0.5) is 0 Å². The molecule has 0 amide bonds. The average molecular weight is 206 g/mol. The quantitative estimate of drug-likeness (QED) is 0.538. The lowest BCUT2D eigenvalue weighted by molar-refractivity contribution is -0.108. The zero-order valence-corrected chi connectivity index (χ0v) is 7.43. The first-order chi connectivity index (χ1) is 4.84. The van der Waals surface area contributed by atoms with Gasteiger partial charge in [0.1, 0.15) is 6.29 Å². The van der Waals surface area contributed by atoms with Crippen LogP contribution in [0.2, 0.25) is 0 Å². The fraction of sp³-hybridized carbons (Fsp3) is 0.857. The molecule has 0 aromatic rings. The summed E-state index contributed by atoms with van der Waals surface area (Å²) in [6, 6.07) is 0. The first-order valence-corrected chi connectivity index (χ1v) is 4.56. The predicted octanol–water partition coefficient (Wildman–Crippen LogP) is 0.948. The lowest BCUT2D eigenvalue weighted by atomic mass is 9.97. The molecular weight excluding hydrogens is 194 g/mol. The molecule has 1 N–H and O–H groups in total. The van der Waals surface area contributed by atoms with Crippen molar-refractivity contribution in [3.63, 3.8) is 0 Å². The van der Waals surface area contributed by atoms with Gasteiger partial charge in [0.05, 0.1) is 4.83 Å². The van der Waals surface area contributed by atoms with E-state index < -0.39 is 0 Å². The first-order valence-electron chi connectivity index (χ1n) is 3.64. The molecular formula is C7H12BrNO. The number of alkyl halides is 1. The molecule has 1 rings (SSSR count). The first kappa shape index (κ1) is 8.21. The summed E-state index contributed by atoms with van der Waals surface area (Å²) < 4.78 is 0. The largest absolute Gasteiger partial charge is 0.316 e. The minimum absolute atomic E-state index is 0.0558. The zero-order chi connectivity index (χ0) is 7.40. The van der Waals surface area contributed by atoms with Crippen LogP contribution < -0.4 is 5.32 Å². The van der Waals surface area contributed by atoms with Gasteiger partial charge >= 0.3 is 0 Å². The predicted molar refractivity (Wildman–Crippen MR) is 44.4 cm³/mol. The molecule has 3 heteroatoms. The summed E-state index contributed by atoms with van der Waals surface area (Å²) in [5.74, 6) is 0.506. The van der Waals surface area contributed by atoms with Crippen molar-refractivity contribution >= 4 is 22.2 Å². The maximum absolute atomic E-state index is 10.3. The minimum atomic E-state index is 0.0558. The van der Waals surface area contributed by atoms with Crippen molar-refractivity contribution < 1.29 is 4.79 Å². The maximum Gasteiger partial charge on any atom is 0.133 e. The lowest BCUT2D eigenvalue weighted by Gasteiger charge is -2.23. The van der Waals surface area contributed by atoms with E-state index in [0.717, 1.165) is 19.4 Å². The molecule has 0 bridgehead atoms. The van der Waals surface area contributed by atoms with E-state index in [1.165, 1.54) is 12.8 Å². The van der Waals surface area contributed by atoms with E-state index in [0.29, 0.717) is 5.92 Å². The van der Waals surface area contributed by atoms with E-state index in [2.05, 4.69) is 21.2 Å². The van der Waals surface area contributed by atoms with Crippen molar-refractivity contribution in [2.45, 2.75) is 17.7 Å². The van der Waals surface area contributed by atoms with Crippen LogP contribution in [0.15, 0.2) is 0 Å². The summed E-state index contributed by atoms with van der Waals surface area (Å²) in [6.07, 6.45) is 3.35. The van der Waals surface area contributed by atoms with Crippen LogP contribution >= 0.6 is 15.9 Å². The number of piperidine rings is 1. The number of carbonyl (C=O) groups is 1. The second-order valence-electron chi connectivity index (χ2n) is 2.69. The highest BCUT2D eigenvalue weighted by molar-refractivity contribution is 9.10. The lowest BCUT2D eigenvalue weighted by Crippen LogP contribution is -2.34. The average Bonchev–Trinajstić information content (AvgIpc) is 2.05. The highest BCUT2D eigenvalue weighted by Crippen LogP contribution is 2.18. The summed E-state index contributed by atoms with van der Waals surface area (Å²) in [5.41, 5.74) is 0. The molecule has 10 heavy (non-hydrogen) atoms. The highest BCUT2D eigenvalue weighted by Gasteiger charge is 2.19. The summed E-state index contributed by atoms with van der Waals surface area (Å²) in [4.78, 5) is 10.4. The standard InChI is InChI=1S/C7H12BrNO/c8-7(5-10)6-2-1-3-9-4-6/h5-7,9H,1-4H2. The maximum atomic E-state index is 10.3. The Bertz CT molecular complexity index is 112. The second kappa shape index (κ2) is 4.09. The number of halogens is 1. The smallest absolute Gasteiger partial charge is 0.133 e. The van der Waals surface area contributed by atoms with Crippen LogP contribution in [0.1, 0.15) is 12.8 Å². The number of rotatable bonds is 2. The van der Waals surface area contributed by atoms with E-state index in [1.54, 1.807) is 0 Å². The molecule has 1 aliphatic heterocycles. The number of carbonyl (C=O) groups excluding carboxylic acids is 1. The van der Waals surface area contributed by atoms with Gasteiger partial charge in [0, 0.05) is 0 Å². The molecule has 0 saturated carbocycles. The molecule has 1 heterocycles. The van der Waals surface area contributed by atoms with Gasteiger partial charge in [-0.1, -0.05) is 15.9 Å². The van der Waals surface area contributed by atoms with Crippen molar-refractivity contribution in [1.29, 1.82) is 0 Å². The molecule has 0 aromatic heterocycles. The molecule has 1 aliphatic rings. The van der Waals surface area contributed by atoms with Gasteiger partial charge in [0.15, 0.2) is 0 Å². The van der Waals surface area contributed by atoms with Gasteiger partial charge in [0.2, 0.25) is 0 Å². The Kier molecular flexibility index (Phi) is 3.35. The number of hydrogen-bond acceptors (Lipinski definition) is 2. The van der Waals surface area contributed by atoms with E-state index in [4.69, 9.17) is 0 Å². The van der Waals surface area contributed by atoms with Crippen LogP contribution in [-0.2, 0) is 4.79 Å². The number of aldehydes is 1. The molecule has 1 fully saturated rings. The summed E-state index contributed by atoms with van der Waals surface area (Å²) in [6.45, 7) is 2.09. The van der Waals surface area contributed by atoms with E-state index >= 15 is 0 Å². The van der Waals surface area contributed by atoms with Crippen molar-refractivity contribution in [3.05, 3.63) is 0 Å². The SMILES string of the molecule is O=CC(Br)C1CCCNC1. The van der Waals surface area contributed by atoms with Crippen molar-refractivity contribution in [2.24, 2.45) is 5.92 Å². The Labute approximate surface area is 69.5 Å². The molecule has 0 aliphatic carbocycles. The molecule has 58 valence electrons. The third-order valence-electron chi connectivity index (χ3n) is 1.92. The van der Waals surface area contributed by atoms with Gasteiger partial charge in [0.25, 0.3) is 0 Å². The van der Waals surface area contributed by atoms with Crippen LogP contribution in [0, 0.1) is 5.92 Å². The van der Waals surface area contributed by atoms with Gasteiger partial charge < -0.3 is 10.1 Å². The van der Waals surface area contributed by atoms with Gasteiger partial charge in [-0.05, 0) is 31.8 Å². The van der Waals surface area contributed by atoms with E-state index in [-0.39, 0.29) is 4.83 Å². The van der Waals surface area contributed by atoms with Gasteiger partial charge in [-0.15, -0.1) is 0 Å². The summed E-state index contributed by atoms with van der Waals surface area (Å²) in [7, 11) is 0. The number of hydrogen-bond donors (Lipinski definition) is 1. The third kappa shape index (κ3) is 2.06. The van der Waals surface area contributed by atoms with Crippen molar-refractivity contribution in [2.75, 3.05) is 13.1 Å². The van der Waals surface area contributed by atoms with Gasteiger partial charge in [-0.3, -0.25) is 0 Å². The van der Waals surface area contributed by atoms with Crippen molar-refractivity contribution in [3.8, 4) is 0 Å². The van der Waals surface area contributed by atoms with Gasteiger partial charge in [-0.2, -0.15) is 0 Å². The second-order valence-corrected chi connectivity index (χ2v) is 3.74. The Morgan fingerprint density at radius 1 is 1.70 bits per heavy atom. The Balaban J connectivity index is 2.30. The Morgan fingerprint density at radius 2 is 2.50 bits per heavy atom. The molecule has 2 unspecified atom stereocenters. The topological polar surface area (TPSA) is 29.1 Å². The molecule has 0 spiro atoms. The van der Waals surface area contributed by atoms with Crippen LogP contribution in [0.25, 0.3) is 0 Å². The third-order valence-corrected chi connectivity index (χ3v) is 2.88. The van der Waals surface area contributed by atoms with E-state index in [1.807, 2.05) is 0 Å². The highest BCUT2D eigenvalue weighted by atomic mass is 79.9. The van der Waals surface area contributed by atoms with Crippen LogP contribution in [0.5, 0.6) is 0 Å². The monoisotopic (exact) mass is 205 g/mol. The fourth-order valence-corrected chi connectivity index (χ4v) is 1.71. The van der Waals surface area contributed by atoms with Crippen molar-refractivity contribution in [1.82, 2.24) is 5.32 Å². The van der Waals surface area contributed by atoms with E-state index in [9.17, 15) is 4.79 Å². The molecule has 1 saturated heterocycles. The van der Waals surface area contributed by atoms with Gasteiger partial charge in [-0.25, -0.2) is 0 Å². The molecule has 0 aromatic carbocycles. The molecule has 0 radical (unpaired) electrons. The Morgan fingerprint density at radius 3 is 3.00 bits per heavy atom. The minimum Gasteiger partial charge on any atom is -0.316 e. The Hall–Kier alpha value is 0.110. The van der Waals surface area contributed by atoms with Crippen LogP contribution in [0.3, 0.4) is 0 Å². The number of nitrogens with one attached hydrogen (secondary N) is 1. The van der Waals surface area contributed by atoms with Crippen LogP contribution in [-0.4, -0.2) is 24.2 Å². The zero-order valence-electron chi connectivity index (χ0n) is 5.85.